The second kappa shape index (κ2) is 7.62. The summed E-state index contributed by atoms with van der Waals surface area (Å²) in [6.07, 6.45) is 5.90. The molecule has 1 atom stereocenters. The van der Waals surface area contributed by atoms with Crippen LogP contribution >= 0.6 is 0 Å². The molecule has 3 aromatic heterocycles. The van der Waals surface area contributed by atoms with E-state index < -0.39 is 0 Å². The fraction of sp³-hybridized carbons (Fsp3) is 0.318. The largest absolute Gasteiger partial charge is 0.296 e. The van der Waals surface area contributed by atoms with Crippen molar-refractivity contribution in [2.45, 2.75) is 12.6 Å². The van der Waals surface area contributed by atoms with Crippen LogP contribution in [0.3, 0.4) is 0 Å². The molecule has 154 valence electrons. The van der Waals surface area contributed by atoms with Crippen molar-refractivity contribution in [1.29, 1.82) is 0 Å². The SMILES string of the molecule is CN1CCN(Cc2cnn(C)c2)C[C@H]1c1nnn2cc(-c3cccc(F)c3)ccc12. The van der Waals surface area contributed by atoms with Gasteiger partial charge in [0.1, 0.15) is 11.5 Å². The van der Waals surface area contributed by atoms with Gasteiger partial charge >= 0.3 is 0 Å². The van der Waals surface area contributed by atoms with Crippen molar-refractivity contribution in [2.24, 2.45) is 7.05 Å². The first kappa shape index (κ1) is 18.9. The number of halogens is 1. The van der Waals surface area contributed by atoms with Gasteiger partial charge in [0.15, 0.2) is 0 Å². The minimum atomic E-state index is -0.246. The first-order chi connectivity index (χ1) is 14.6. The van der Waals surface area contributed by atoms with Crippen LogP contribution in [0.15, 0.2) is 55.0 Å². The predicted molar refractivity (Wildman–Crippen MR) is 112 cm³/mol. The lowest BCUT2D eigenvalue weighted by Gasteiger charge is -2.38. The molecule has 1 fully saturated rings. The number of hydrogen-bond donors (Lipinski definition) is 0. The van der Waals surface area contributed by atoms with E-state index in [0.29, 0.717) is 0 Å². The maximum absolute atomic E-state index is 13.6. The van der Waals surface area contributed by atoms with Gasteiger partial charge in [-0.25, -0.2) is 8.91 Å². The van der Waals surface area contributed by atoms with E-state index in [-0.39, 0.29) is 11.9 Å². The van der Waals surface area contributed by atoms with Gasteiger partial charge in [0.05, 0.1) is 17.8 Å². The summed E-state index contributed by atoms with van der Waals surface area (Å²) < 4.78 is 17.2. The van der Waals surface area contributed by atoms with Gasteiger partial charge in [0.2, 0.25) is 0 Å². The van der Waals surface area contributed by atoms with Gasteiger partial charge in [0, 0.05) is 56.7 Å². The van der Waals surface area contributed by atoms with E-state index in [1.807, 2.05) is 42.3 Å². The number of likely N-dealkylation sites (N-methyl/N-ethyl adjacent to an activating group) is 1. The molecular formula is C22H24FN7. The van der Waals surface area contributed by atoms with Crippen LogP contribution in [0.25, 0.3) is 16.6 Å². The molecule has 0 amide bonds. The Bertz CT molecular complexity index is 1180. The van der Waals surface area contributed by atoms with Gasteiger partial charge < -0.3 is 0 Å². The summed E-state index contributed by atoms with van der Waals surface area (Å²) in [7, 11) is 4.08. The fourth-order valence-electron chi connectivity index (χ4n) is 4.17. The van der Waals surface area contributed by atoms with Gasteiger partial charge in [-0.05, 0) is 30.8 Å². The molecular weight excluding hydrogens is 381 g/mol. The summed E-state index contributed by atoms with van der Waals surface area (Å²) in [5.74, 6) is -0.246. The molecule has 4 heterocycles. The first-order valence-electron chi connectivity index (χ1n) is 10.1. The lowest BCUT2D eigenvalue weighted by atomic mass is 10.1. The molecule has 4 aromatic rings. The zero-order chi connectivity index (χ0) is 20.7. The highest BCUT2D eigenvalue weighted by molar-refractivity contribution is 5.66. The Morgan fingerprint density at radius 2 is 1.97 bits per heavy atom. The number of fused-ring (bicyclic) bond motifs is 1. The number of hydrogen-bond acceptors (Lipinski definition) is 5. The quantitative estimate of drug-likeness (QED) is 0.523. The monoisotopic (exact) mass is 405 g/mol. The number of rotatable bonds is 4. The van der Waals surface area contributed by atoms with Crippen LogP contribution in [0.5, 0.6) is 0 Å². The number of pyridine rings is 1. The maximum atomic E-state index is 13.6. The molecule has 30 heavy (non-hydrogen) atoms. The lowest BCUT2D eigenvalue weighted by molar-refractivity contribution is 0.0889. The summed E-state index contributed by atoms with van der Waals surface area (Å²) in [5.41, 5.74) is 4.91. The minimum absolute atomic E-state index is 0.160. The van der Waals surface area contributed by atoms with Crippen molar-refractivity contribution in [3.05, 3.63) is 72.1 Å². The summed E-state index contributed by atoms with van der Waals surface area (Å²) in [6, 6.07) is 10.8. The third-order valence-corrected chi connectivity index (χ3v) is 5.81. The van der Waals surface area contributed by atoms with E-state index in [0.717, 1.165) is 48.5 Å². The van der Waals surface area contributed by atoms with Crippen molar-refractivity contribution >= 4 is 5.52 Å². The van der Waals surface area contributed by atoms with Crippen molar-refractivity contribution in [3.8, 4) is 11.1 Å². The smallest absolute Gasteiger partial charge is 0.123 e. The van der Waals surface area contributed by atoms with Crippen LogP contribution in [0.4, 0.5) is 4.39 Å². The molecule has 0 saturated carbocycles. The lowest BCUT2D eigenvalue weighted by Crippen LogP contribution is -2.46. The molecule has 7 nitrogen and oxygen atoms in total. The van der Waals surface area contributed by atoms with E-state index in [9.17, 15) is 4.39 Å². The summed E-state index contributed by atoms with van der Waals surface area (Å²) in [4.78, 5) is 4.78. The number of piperazine rings is 1. The minimum Gasteiger partial charge on any atom is -0.296 e. The summed E-state index contributed by atoms with van der Waals surface area (Å²) >= 11 is 0. The van der Waals surface area contributed by atoms with Gasteiger partial charge in [0.25, 0.3) is 0 Å². The van der Waals surface area contributed by atoms with E-state index in [2.05, 4.69) is 38.5 Å². The van der Waals surface area contributed by atoms with E-state index in [1.54, 1.807) is 10.6 Å². The zero-order valence-corrected chi connectivity index (χ0v) is 17.1. The van der Waals surface area contributed by atoms with E-state index in [1.165, 1.54) is 17.7 Å². The van der Waals surface area contributed by atoms with E-state index in [4.69, 9.17) is 0 Å². The van der Waals surface area contributed by atoms with Gasteiger partial charge in [-0.3, -0.25) is 14.5 Å². The number of benzene rings is 1. The van der Waals surface area contributed by atoms with Crippen molar-refractivity contribution in [3.63, 3.8) is 0 Å². The molecule has 0 bridgehead atoms. The average Bonchev–Trinajstić information content (AvgIpc) is 3.35. The van der Waals surface area contributed by atoms with Crippen LogP contribution < -0.4 is 0 Å². The van der Waals surface area contributed by atoms with Crippen LogP contribution in [0, 0.1) is 5.82 Å². The van der Waals surface area contributed by atoms with Crippen molar-refractivity contribution < 1.29 is 4.39 Å². The van der Waals surface area contributed by atoms with Crippen LogP contribution in [-0.4, -0.2) is 61.1 Å². The molecule has 8 heteroatoms. The molecule has 0 N–H and O–H groups in total. The molecule has 1 saturated heterocycles. The predicted octanol–water partition coefficient (Wildman–Crippen LogP) is 2.76. The first-order valence-corrected chi connectivity index (χ1v) is 10.1. The van der Waals surface area contributed by atoms with Crippen LogP contribution in [0.2, 0.25) is 0 Å². The number of aromatic nitrogens is 5. The van der Waals surface area contributed by atoms with Gasteiger partial charge in [-0.2, -0.15) is 5.10 Å². The molecule has 5 rings (SSSR count). The normalized spacial score (nSPS) is 18.3. The number of aryl methyl sites for hydroxylation is 1. The fourth-order valence-corrected chi connectivity index (χ4v) is 4.17. The average molecular weight is 405 g/mol. The van der Waals surface area contributed by atoms with Gasteiger partial charge in [-0.1, -0.05) is 23.4 Å². The Labute approximate surface area is 174 Å². The van der Waals surface area contributed by atoms with E-state index >= 15 is 0 Å². The third-order valence-electron chi connectivity index (χ3n) is 5.81. The van der Waals surface area contributed by atoms with Crippen molar-refractivity contribution in [2.75, 3.05) is 26.7 Å². The standard InChI is InChI=1S/C22H24FN7/c1-27-8-9-29(13-16-11-24-28(2)12-16)15-21(27)22-20-7-6-18(14-30(20)26-25-22)17-4-3-5-19(23)10-17/h3-7,10-12,14,21H,8-9,13,15H2,1-2H3/t21-/m0/s1. The summed E-state index contributed by atoms with van der Waals surface area (Å²) in [5, 5.41) is 13.2. The topological polar surface area (TPSA) is 54.5 Å². The molecule has 0 unspecified atom stereocenters. The van der Waals surface area contributed by atoms with Crippen molar-refractivity contribution in [1.82, 2.24) is 34.4 Å². The number of nitrogens with zero attached hydrogens (tertiary/aromatic N) is 7. The van der Waals surface area contributed by atoms with Crippen LogP contribution in [0.1, 0.15) is 17.3 Å². The maximum Gasteiger partial charge on any atom is 0.123 e. The Hall–Kier alpha value is -3.10. The Balaban J connectivity index is 1.41. The second-order valence-electron chi connectivity index (χ2n) is 7.99. The molecule has 1 aliphatic heterocycles. The Kier molecular flexibility index (Phi) is 4.80. The second-order valence-corrected chi connectivity index (χ2v) is 7.99. The van der Waals surface area contributed by atoms with Crippen LogP contribution in [-0.2, 0) is 13.6 Å². The summed E-state index contributed by atoms with van der Waals surface area (Å²) in [6.45, 7) is 3.72. The zero-order valence-electron chi connectivity index (χ0n) is 17.1. The Morgan fingerprint density at radius 3 is 2.77 bits per heavy atom. The molecule has 1 aliphatic rings. The molecule has 0 radical (unpaired) electrons. The highest BCUT2D eigenvalue weighted by Gasteiger charge is 2.29. The highest BCUT2D eigenvalue weighted by atomic mass is 19.1. The van der Waals surface area contributed by atoms with Gasteiger partial charge in [-0.15, -0.1) is 5.10 Å². The molecule has 0 spiro atoms. The Morgan fingerprint density at radius 1 is 1.07 bits per heavy atom. The highest BCUT2D eigenvalue weighted by Crippen LogP contribution is 2.28. The molecule has 1 aromatic carbocycles. The third kappa shape index (κ3) is 3.59. The molecule has 0 aliphatic carbocycles.